The van der Waals surface area contributed by atoms with Crippen molar-refractivity contribution < 1.29 is 9.90 Å². The SMILES string of the molecule is CC(C)(C)C(=O)O.NC1CCNCC1. The van der Waals surface area contributed by atoms with Gasteiger partial charge in [0, 0.05) is 6.04 Å². The third kappa shape index (κ3) is 6.86. The quantitative estimate of drug-likeness (QED) is 0.543. The molecule has 1 aliphatic heterocycles. The maximum atomic E-state index is 10.0. The molecule has 14 heavy (non-hydrogen) atoms. The van der Waals surface area contributed by atoms with E-state index in [9.17, 15) is 4.79 Å². The van der Waals surface area contributed by atoms with Crippen LogP contribution in [0.3, 0.4) is 0 Å². The summed E-state index contributed by atoms with van der Waals surface area (Å²) in [6.07, 6.45) is 2.31. The first kappa shape index (κ1) is 13.4. The molecule has 0 radical (unpaired) electrons. The van der Waals surface area contributed by atoms with E-state index in [0.29, 0.717) is 6.04 Å². The van der Waals surface area contributed by atoms with Crippen LogP contribution in [0, 0.1) is 5.41 Å². The molecule has 4 nitrogen and oxygen atoms in total. The molecule has 0 atom stereocenters. The van der Waals surface area contributed by atoms with Crippen LogP contribution in [-0.2, 0) is 4.79 Å². The topological polar surface area (TPSA) is 75.3 Å². The highest BCUT2D eigenvalue weighted by molar-refractivity contribution is 5.72. The van der Waals surface area contributed by atoms with Gasteiger partial charge in [0.05, 0.1) is 5.41 Å². The van der Waals surface area contributed by atoms with Crippen LogP contribution < -0.4 is 11.1 Å². The van der Waals surface area contributed by atoms with Gasteiger partial charge in [-0.2, -0.15) is 0 Å². The van der Waals surface area contributed by atoms with Gasteiger partial charge < -0.3 is 16.2 Å². The van der Waals surface area contributed by atoms with Crippen molar-refractivity contribution in [3.8, 4) is 0 Å². The standard InChI is InChI=1S/C5H12N2.C5H10O2/c6-5-1-3-7-4-2-5;1-5(2,3)4(6)7/h5,7H,1-4,6H2;1-3H3,(H,6,7). The van der Waals surface area contributed by atoms with Crippen LogP contribution >= 0.6 is 0 Å². The van der Waals surface area contributed by atoms with Gasteiger partial charge in [0.15, 0.2) is 0 Å². The fourth-order valence-corrected chi connectivity index (χ4v) is 0.844. The molecule has 1 rings (SSSR count). The highest BCUT2D eigenvalue weighted by Crippen LogP contribution is 2.11. The van der Waals surface area contributed by atoms with Gasteiger partial charge in [0.1, 0.15) is 0 Å². The molecule has 1 aliphatic rings. The maximum absolute atomic E-state index is 10.0. The van der Waals surface area contributed by atoms with Gasteiger partial charge in [-0.15, -0.1) is 0 Å². The van der Waals surface area contributed by atoms with Crippen LogP contribution in [-0.4, -0.2) is 30.2 Å². The Balaban J connectivity index is 0.000000241. The lowest BCUT2D eigenvalue weighted by atomic mass is 9.98. The molecule has 4 N–H and O–H groups in total. The third-order valence-corrected chi connectivity index (χ3v) is 2.03. The van der Waals surface area contributed by atoms with Crippen LogP contribution in [0.25, 0.3) is 0 Å². The van der Waals surface area contributed by atoms with Gasteiger partial charge in [-0.3, -0.25) is 4.79 Å². The van der Waals surface area contributed by atoms with Crippen LogP contribution in [0.1, 0.15) is 33.6 Å². The van der Waals surface area contributed by atoms with Crippen LogP contribution in [0.5, 0.6) is 0 Å². The number of hydrogen-bond donors (Lipinski definition) is 3. The van der Waals surface area contributed by atoms with Crippen molar-refractivity contribution in [2.45, 2.75) is 39.7 Å². The Bertz CT molecular complexity index is 169. The minimum atomic E-state index is -0.757. The zero-order valence-corrected chi connectivity index (χ0v) is 9.34. The van der Waals surface area contributed by atoms with Crippen LogP contribution in [0.2, 0.25) is 0 Å². The number of carbonyl (C=O) groups is 1. The van der Waals surface area contributed by atoms with E-state index in [1.54, 1.807) is 20.8 Å². The molecule has 0 bridgehead atoms. The summed E-state index contributed by atoms with van der Waals surface area (Å²) >= 11 is 0. The van der Waals surface area contributed by atoms with Crippen molar-refractivity contribution in [3.05, 3.63) is 0 Å². The number of carboxylic acid groups (broad SMARTS) is 1. The molecule has 0 aromatic heterocycles. The lowest BCUT2D eigenvalue weighted by molar-refractivity contribution is -0.145. The molecule has 84 valence electrons. The van der Waals surface area contributed by atoms with Gasteiger partial charge in [-0.05, 0) is 46.7 Å². The Morgan fingerprint density at radius 3 is 1.86 bits per heavy atom. The molecule has 1 saturated heterocycles. The van der Waals surface area contributed by atoms with Crippen LogP contribution in [0.15, 0.2) is 0 Å². The van der Waals surface area contributed by atoms with Gasteiger partial charge in [-0.1, -0.05) is 0 Å². The van der Waals surface area contributed by atoms with Gasteiger partial charge in [-0.25, -0.2) is 0 Å². The highest BCUT2D eigenvalue weighted by Gasteiger charge is 2.18. The first-order valence-corrected chi connectivity index (χ1v) is 5.03. The second-order valence-corrected chi connectivity index (χ2v) is 4.64. The van der Waals surface area contributed by atoms with Gasteiger partial charge in [0.25, 0.3) is 0 Å². The largest absolute Gasteiger partial charge is 0.481 e. The van der Waals surface area contributed by atoms with E-state index in [2.05, 4.69) is 5.32 Å². The number of hydrogen-bond acceptors (Lipinski definition) is 3. The highest BCUT2D eigenvalue weighted by atomic mass is 16.4. The molecule has 1 fully saturated rings. The lowest BCUT2D eigenvalue weighted by Gasteiger charge is -2.17. The zero-order chi connectivity index (χ0) is 11.2. The monoisotopic (exact) mass is 202 g/mol. The summed E-state index contributed by atoms with van der Waals surface area (Å²) in [5.41, 5.74) is 5.01. The first-order valence-electron chi connectivity index (χ1n) is 5.03. The van der Waals surface area contributed by atoms with Gasteiger partial charge in [0.2, 0.25) is 0 Å². The second-order valence-electron chi connectivity index (χ2n) is 4.64. The summed E-state index contributed by atoms with van der Waals surface area (Å²) in [4.78, 5) is 10.0. The molecule has 1 heterocycles. The first-order chi connectivity index (χ1) is 6.34. The molecule has 0 aromatic carbocycles. The molecule has 0 amide bonds. The minimum absolute atomic E-state index is 0.473. The van der Waals surface area contributed by atoms with E-state index >= 15 is 0 Å². The van der Waals surface area contributed by atoms with Crippen molar-refractivity contribution in [2.24, 2.45) is 11.1 Å². The van der Waals surface area contributed by atoms with Crippen LogP contribution in [0.4, 0.5) is 0 Å². The Morgan fingerprint density at radius 2 is 1.71 bits per heavy atom. The van der Waals surface area contributed by atoms with E-state index in [0.717, 1.165) is 25.9 Å². The number of nitrogens with one attached hydrogen (secondary N) is 1. The van der Waals surface area contributed by atoms with Crippen molar-refractivity contribution >= 4 is 5.97 Å². The number of aliphatic carboxylic acids is 1. The molecule has 0 saturated carbocycles. The van der Waals surface area contributed by atoms with E-state index in [1.165, 1.54) is 0 Å². The average Bonchev–Trinajstić information content (AvgIpc) is 2.04. The van der Waals surface area contributed by atoms with Crippen molar-refractivity contribution in [1.29, 1.82) is 0 Å². The van der Waals surface area contributed by atoms with Gasteiger partial charge >= 0.3 is 5.97 Å². The summed E-state index contributed by atoms with van der Waals surface area (Å²) in [6.45, 7) is 7.21. The molecular formula is C10H22N2O2. The molecule has 0 spiro atoms. The fourth-order valence-electron chi connectivity index (χ4n) is 0.844. The fraction of sp³-hybridized carbons (Fsp3) is 0.900. The summed E-state index contributed by atoms with van der Waals surface area (Å²) in [5, 5.41) is 11.5. The summed E-state index contributed by atoms with van der Waals surface area (Å²) in [5.74, 6) is -0.757. The maximum Gasteiger partial charge on any atom is 0.308 e. The number of nitrogens with two attached hydrogens (primary N) is 1. The lowest BCUT2D eigenvalue weighted by Crippen LogP contribution is -2.35. The number of piperidine rings is 1. The molecule has 0 aliphatic carbocycles. The molecule has 0 aromatic rings. The Labute approximate surface area is 85.9 Å². The predicted octanol–water partition coefficient (Wildman–Crippen LogP) is 0.814. The van der Waals surface area contributed by atoms with E-state index in [1.807, 2.05) is 0 Å². The van der Waals surface area contributed by atoms with E-state index in [-0.39, 0.29) is 0 Å². The zero-order valence-electron chi connectivity index (χ0n) is 9.34. The molecular weight excluding hydrogens is 180 g/mol. The normalized spacial score (nSPS) is 18.3. The Morgan fingerprint density at radius 1 is 1.36 bits per heavy atom. The van der Waals surface area contributed by atoms with Crippen molar-refractivity contribution in [1.82, 2.24) is 5.32 Å². The second kappa shape index (κ2) is 5.98. The molecule has 4 heteroatoms. The predicted molar refractivity (Wildman–Crippen MR) is 57.2 cm³/mol. The Kier molecular flexibility index (Phi) is 5.72. The minimum Gasteiger partial charge on any atom is -0.481 e. The summed E-state index contributed by atoms with van der Waals surface area (Å²) < 4.78 is 0. The third-order valence-electron chi connectivity index (χ3n) is 2.03. The number of carboxylic acids is 1. The smallest absolute Gasteiger partial charge is 0.308 e. The average molecular weight is 202 g/mol. The number of rotatable bonds is 0. The van der Waals surface area contributed by atoms with Crippen molar-refractivity contribution in [2.75, 3.05) is 13.1 Å². The summed E-state index contributed by atoms with van der Waals surface area (Å²) in [6, 6.07) is 0.473. The van der Waals surface area contributed by atoms with E-state index < -0.39 is 11.4 Å². The molecule has 0 unspecified atom stereocenters. The summed E-state index contributed by atoms with van der Waals surface area (Å²) in [7, 11) is 0. The van der Waals surface area contributed by atoms with E-state index in [4.69, 9.17) is 10.8 Å². The Hall–Kier alpha value is -0.610. The van der Waals surface area contributed by atoms with Crippen molar-refractivity contribution in [3.63, 3.8) is 0 Å².